The van der Waals surface area contributed by atoms with Gasteiger partial charge in [0.1, 0.15) is 5.92 Å². The van der Waals surface area contributed by atoms with Crippen LogP contribution in [0.1, 0.15) is 36.5 Å². The largest absolute Gasteiger partial charge is 0.481 e. The third kappa shape index (κ3) is 3.99. The van der Waals surface area contributed by atoms with Crippen LogP contribution in [0.4, 0.5) is 18.9 Å². The van der Waals surface area contributed by atoms with Gasteiger partial charge in [0.05, 0.1) is 17.2 Å². The Bertz CT molecular complexity index is 1180. The molecule has 2 aromatic rings. The molecule has 1 amide bonds. The summed E-state index contributed by atoms with van der Waals surface area (Å²) in [5.74, 6) is -5.92. The number of Topliss-reactive ketones (excluding diaryl/α,β-unsaturated/α-hetero) is 1. The van der Waals surface area contributed by atoms with Crippen molar-refractivity contribution in [2.45, 2.75) is 25.9 Å². The molecular weight excluding hydrogens is 425 g/mol. The van der Waals surface area contributed by atoms with Gasteiger partial charge in [-0.1, -0.05) is 18.2 Å². The zero-order valence-electron chi connectivity index (χ0n) is 17.0. The predicted octanol–water partition coefficient (Wildman–Crippen LogP) is 4.27. The molecule has 1 aliphatic rings. The smallest absolute Gasteiger partial charge is 0.416 e. The molecule has 0 aromatic heterocycles. The van der Waals surface area contributed by atoms with Crippen LogP contribution in [0.5, 0.6) is 0 Å². The first-order valence-corrected chi connectivity index (χ1v) is 9.43. The van der Waals surface area contributed by atoms with Gasteiger partial charge in [-0.2, -0.15) is 18.4 Å². The second kappa shape index (κ2) is 8.30. The van der Waals surface area contributed by atoms with Gasteiger partial charge in [-0.15, -0.1) is 0 Å². The minimum absolute atomic E-state index is 0.000815. The number of ketones is 1. The zero-order chi connectivity index (χ0) is 23.8. The van der Waals surface area contributed by atoms with Gasteiger partial charge >= 0.3 is 12.1 Å². The van der Waals surface area contributed by atoms with E-state index in [0.29, 0.717) is 11.1 Å². The van der Waals surface area contributed by atoms with E-state index in [1.54, 1.807) is 0 Å². The quantitative estimate of drug-likeness (QED) is 0.713. The lowest BCUT2D eigenvalue weighted by Gasteiger charge is -2.38. The summed E-state index contributed by atoms with van der Waals surface area (Å²) in [5, 5.41) is 18.9. The maximum Gasteiger partial charge on any atom is 0.416 e. The van der Waals surface area contributed by atoms with Crippen LogP contribution >= 0.6 is 0 Å². The first-order chi connectivity index (χ1) is 15.0. The van der Waals surface area contributed by atoms with Crippen LogP contribution in [-0.4, -0.2) is 22.8 Å². The third-order valence-corrected chi connectivity index (χ3v) is 5.33. The number of nitriles is 1. The Morgan fingerprint density at radius 2 is 1.75 bits per heavy atom. The van der Waals surface area contributed by atoms with Crippen LogP contribution in [0.2, 0.25) is 0 Å². The van der Waals surface area contributed by atoms with Gasteiger partial charge < -0.3 is 5.11 Å². The normalized spacial score (nSPS) is 19.0. The molecule has 0 bridgehead atoms. The van der Waals surface area contributed by atoms with E-state index in [1.165, 1.54) is 44.2 Å². The van der Waals surface area contributed by atoms with Crippen LogP contribution in [0.3, 0.4) is 0 Å². The molecule has 0 aliphatic carbocycles. The van der Waals surface area contributed by atoms with Gasteiger partial charge in [-0.25, -0.2) is 0 Å². The summed E-state index contributed by atoms with van der Waals surface area (Å²) in [6.07, 6.45) is -4.67. The fraction of sp³-hybridized carbons (Fsp3) is 0.217. The molecule has 1 heterocycles. The topological polar surface area (TPSA) is 98.5 Å². The molecule has 9 heteroatoms. The Balaban J connectivity index is 2.26. The molecule has 0 saturated carbocycles. The minimum atomic E-state index is -4.67. The molecule has 0 radical (unpaired) electrons. The number of nitrogens with zero attached hydrogens (tertiary/aromatic N) is 2. The molecular formula is C23H17F3N2O4. The number of carbonyl (C=O) groups excluding carboxylic acids is 2. The molecule has 1 N–H and O–H groups in total. The lowest BCUT2D eigenvalue weighted by atomic mass is 9.74. The Morgan fingerprint density at radius 1 is 1.12 bits per heavy atom. The molecule has 2 atom stereocenters. The van der Waals surface area contributed by atoms with Gasteiger partial charge in [-0.05, 0) is 49.7 Å². The molecule has 0 fully saturated rings. The number of allylic oxidation sites excluding steroid dienone is 2. The highest BCUT2D eigenvalue weighted by Gasteiger charge is 2.47. The summed E-state index contributed by atoms with van der Waals surface area (Å²) in [6, 6.07) is 11.6. The number of hydrogen-bond acceptors (Lipinski definition) is 4. The number of hydrogen-bond donors (Lipinski definition) is 1. The summed E-state index contributed by atoms with van der Waals surface area (Å²) in [7, 11) is 0. The van der Waals surface area contributed by atoms with Gasteiger partial charge in [-0.3, -0.25) is 19.3 Å². The van der Waals surface area contributed by atoms with E-state index in [1.807, 2.05) is 6.07 Å². The fourth-order valence-electron chi connectivity index (χ4n) is 3.95. The highest BCUT2D eigenvalue weighted by atomic mass is 19.4. The number of benzene rings is 2. The molecule has 3 rings (SSSR count). The summed E-state index contributed by atoms with van der Waals surface area (Å²) in [4.78, 5) is 38.8. The average molecular weight is 442 g/mol. The summed E-state index contributed by atoms with van der Waals surface area (Å²) >= 11 is 0. The van der Waals surface area contributed by atoms with Crippen molar-refractivity contribution in [2.24, 2.45) is 5.92 Å². The van der Waals surface area contributed by atoms with Crippen LogP contribution in [0, 0.1) is 17.2 Å². The maximum atomic E-state index is 13.3. The van der Waals surface area contributed by atoms with E-state index in [0.717, 1.165) is 23.1 Å². The van der Waals surface area contributed by atoms with E-state index < -0.39 is 41.2 Å². The number of carboxylic acid groups (broad SMARTS) is 1. The van der Waals surface area contributed by atoms with Crippen LogP contribution in [0.25, 0.3) is 0 Å². The first kappa shape index (κ1) is 22.7. The third-order valence-electron chi connectivity index (χ3n) is 5.33. The number of halogens is 3. The maximum absolute atomic E-state index is 13.3. The second-order valence-electron chi connectivity index (χ2n) is 7.30. The van der Waals surface area contributed by atoms with Crippen molar-refractivity contribution in [3.63, 3.8) is 0 Å². The van der Waals surface area contributed by atoms with Crippen LogP contribution < -0.4 is 4.90 Å². The molecule has 2 unspecified atom stereocenters. The van der Waals surface area contributed by atoms with Crippen molar-refractivity contribution in [1.82, 2.24) is 0 Å². The van der Waals surface area contributed by atoms with Crippen molar-refractivity contribution < 1.29 is 32.7 Å². The number of carbonyl (C=O) groups is 3. The molecule has 2 aromatic carbocycles. The Labute approximate surface area is 181 Å². The van der Waals surface area contributed by atoms with Crippen LogP contribution in [0.15, 0.2) is 59.8 Å². The number of alkyl halides is 3. The molecule has 0 spiro atoms. The molecule has 0 saturated heterocycles. The average Bonchev–Trinajstić information content (AvgIpc) is 2.72. The Morgan fingerprint density at radius 3 is 2.25 bits per heavy atom. The van der Waals surface area contributed by atoms with Crippen molar-refractivity contribution >= 4 is 23.3 Å². The Hall–Kier alpha value is -3.93. The standard InChI is InChI=1S/C23H17F3N2O4/c1-12-18(13(2)29)19(15-8-6-14(11-27)7-9-15)20(22(31)32)21(30)28(12)17-5-3-4-16(10-17)23(24,25)26/h3-10,19-20H,1-2H3,(H,31,32). The molecule has 32 heavy (non-hydrogen) atoms. The number of anilines is 1. The van der Waals surface area contributed by atoms with E-state index in [2.05, 4.69) is 0 Å². The number of amides is 1. The van der Waals surface area contributed by atoms with E-state index >= 15 is 0 Å². The van der Waals surface area contributed by atoms with Crippen molar-refractivity contribution in [3.8, 4) is 6.07 Å². The lowest BCUT2D eigenvalue weighted by Crippen LogP contribution is -2.47. The summed E-state index contributed by atoms with van der Waals surface area (Å²) < 4.78 is 39.6. The highest BCUT2D eigenvalue weighted by Crippen LogP contribution is 2.43. The monoisotopic (exact) mass is 442 g/mol. The minimum Gasteiger partial charge on any atom is -0.481 e. The summed E-state index contributed by atoms with van der Waals surface area (Å²) in [5.41, 5.74) is -0.518. The van der Waals surface area contributed by atoms with Gasteiger partial charge in [0.25, 0.3) is 0 Å². The predicted molar refractivity (Wildman–Crippen MR) is 107 cm³/mol. The van der Waals surface area contributed by atoms with Crippen molar-refractivity contribution in [1.29, 1.82) is 5.26 Å². The first-order valence-electron chi connectivity index (χ1n) is 9.43. The van der Waals surface area contributed by atoms with Gasteiger partial charge in [0, 0.05) is 22.9 Å². The van der Waals surface area contributed by atoms with Gasteiger partial charge in [0.15, 0.2) is 5.78 Å². The molecule has 1 aliphatic heterocycles. The lowest BCUT2D eigenvalue weighted by molar-refractivity contribution is -0.147. The van der Waals surface area contributed by atoms with E-state index in [9.17, 15) is 32.7 Å². The molecule has 6 nitrogen and oxygen atoms in total. The Kier molecular flexibility index (Phi) is 5.90. The van der Waals surface area contributed by atoms with Crippen molar-refractivity contribution in [2.75, 3.05) is 4.90 Å². The number of carboxylic acids is 1. The van der Waals surface area contributed by atoms with Crippen LogP contribution in [-0.2, 0) is 20.6 Å². The van der Waals surface area contributed by atoms with E-state index in [-0.39, 0.29) is 17.0 Å². The van der Waals surface area contributed by atoms with E-state index in [4.69, 9.17) is 5.26 Å². The molecule has 164 valence electrons. The number of aliphatic carboxylic acids is 1. The number of rotatable bonds is 4. The summed E-state index contributed by atoms with van der Waals surface area (Å²) in [6.45, 7) is 2.60. The fourth-order valence-corrected chi connectivity index (χ4v) is 3.95. The second-order valence-corrected chi connectivity index (χ2v) is 7.30. The van der Waals surface area contributed by atoms with Crippen molar-refractivity contribution in [3.05, 3.63) is 76.5 Å². The SMILES string of the molecule is CC(=O)C1=C(C)N(c2cccc(C(F)(F)F)c2)C(=O)C(C(=O)O)C1c1ccc(C#N)cc1. The van der Waals surface area contributed by atoms with Gasteiger partial charge in [0.2, 0.25) is 5.91 Å². The highest BCUT2D eigenvalue weighted by molar-refractivity contribution is 6.13. The zero-order valence-corrected chi connectivity index (χ0v) is 17.0.